The molecule has 0 radical (unpaired) electrons. The molecule has 0 bridgehead atoms. The molecule has 8 nitrogen and oxygen atoms in total. The number of benzene rings is 2. The van der Waals surface area contributed by atoms with Crippen molar-refractivity contribution < 1.29 is 35.9 Å². The van der Waals surface area contributed by atoms with E-state index in [1.54, 1.807) is 0 Å². The van der Waals surface area contributed by atoms with E-state index in [4.69, 9.17) is 4.74 Å². The molecule has 1 aliphatic heterocycles. The van der Waals surface area contributed by atoms with E-state index in [2.05, 4.69) is 5.32 Å². The van der Waals surface area contributed by atoms with Crippen molar-refractivity contribution in [3.8, 4) is 5.75 Å². The second-order valence-electron chi connectivity index (χ2n) is 7.37. The van der Waals surface area contributed by atoms with Gasteiger partial charge in [0.15, 0.2) is 17.5 Å². The molecule has 0 spiro atoms. The molecular weight excluding hydrogens is 463 g/mol. The highest BCUT2D eigenvalue weighted by Gasteiger charge is 2.33. The van der Waals surface area contributed by atoms with Crippen molar-refractivity contribution in [2.45, 2.75) is 17.7 Å². The van der Waals surface area contributed by atoms with Crippen LogP contribution in [-0.2, 0) is 19.6 Å². The van der Waals surface area contributed by atoms with Gasteiger partial charge in [0, 0.05) is 13.1 Å². The molecule has 2 aromatic rings. The molecule has 2 amide bonds. The Morgan fingerprint density at radius 1 is 1.09 bits per heavy atom. The molecule has 178 valence electrons. The minimum Gasteiger partial charge on any atom is -0.497 e. The molecule has 0 aliphatic carbocycles. The van der Waals surface area contributed by atoms with E-state index in [1.807, 2.05) is 5.32 Å². The van der Waals surface area contributed by atoms with Crippen LogP contribution in [0, 0.1) is 23.4 Å². The zero-order chi connectivity index (χ0) is 24.2. The third-order valence-corrected chi connectivity index (χ3v) is 7.06. The number of anilines is 1. The first kappa shape index (κ1) is 24.5. The number of amides is 2. The fourth-order valence-electron chi connectivity index (χ4n) is 3.40. The lowest BCUT2D eigenvalue weighted by Crippen LogP contribution is -2.46. The Labute approximate surface area is 188 Å². The monoisotopic (exact) mass is 485 g/mol. The van der Waals surface area contributed by atoms with Crippen LogP contribution in [0.25, 0.3) is 0 Å². The number of ether oxygens (including phenoxy) is 1. The molecule has 1 saturated heterocycles. The number of nitrogens with one attached hydrogen (secondary N) is 2. The summed E-state index contributed by atoms with van der Waals surface area (Å²) in [6, 6.07) is 7.40. The molecule has 12 heteroatoms. The van der Waals surface area contributed by atoms with E-state index >= 15 is 0 Å². The van der Waals surface area contributed by atoms with E-state index in [9.17, 15) is 31.2 Å². The van der Waals surface area contributed by atoms with Crippen molar-refractivity contribution in [2.24, 2.45) is 5.92 Å². The highest BCUT2D eigenvalue weighted by Crippen LogP contribution is 2.25. The van der Waals surface area contributed by atoms with Gasteiger partial charge in [0.25, 0.3) is 0 Å². The molecule has 2 N–H and O–H groups in total. The maximum absolute atomic E-state index is 13.7. The van der Waals surface area contributed by atoms with Gasteiger partial charge in [0.05, 0.1) is 30.2 Å². The van der Waals surface area contributed by atoms with Gasteiger partial charge in [-0.2, -0.15) is 4.31 Å². The Morgan fingerprint density at radius 2 is 1.79 bits per heavy atom. The van der Waals surface area contributed by atoms with Crippen LogP contribution in [0.1, 0.15) is 12.8 Å². The molecule has 3 rings (SSSR count). The Balaban J connectivity index is 1.58. The van der Waals surface area contributed by atoms with E-state index in [0.717, 1.165) is 6.07 Å². The Bertz CT molecular complexity index is 1140. The maximum Gasteiger partial charge on any atom is 0.243 e. The number of rotatable bonds is 7. The summed E-state index contributed by atoms with van der Waals surface area (Å²) in [4.78, 5) is 24.6. The number of carbonyl (C=O) groups excluding carboxylic acids is 2. The third kappa shape index (κ3) is 5.63. The Hall–Kier alpha value is -3.12. The number of piperidine rings is 1. The van der Waals surface area contributed by atoms with Gasteiger partial charge in [-0.1, -0.05) is 0 Å². The molecule has 1 heterocycles. The highest BCUT2D eigenvalue weighted by atomic mass is 32.2. The van der Waals surface area contributed by atoms with Crippen LogP contribution in [0.2, 0.25) is 0 Å². The number of nitrogens with zero attached hydrogens (tertiary/aromatic N) is 1. The second-order valence-corrected chi connectivity index (χ2v) is 9.30. The summed E-state index contributed by atoms with van der Waals surface area (Å²) in [5.41, 5.74) is -0.567. The fourth-order valence-corrected chi connectivity index (χ4v) is 4.92. The lowest BCUT2D eigenvalue weighted by atomic mass is 9.99. The van der Waals surface area contributed by atoms with Gasteiger partial charge in [-0.25, -0.2) is 21.6 Å². The lowest BCUT2D eigenvalue weighted by molar-refractivity contribution is -0.128. The maximum atomic E-state index is 13.7. The molecule has 1 fully saturated rings. The summed E-state index contributed by atoms with van der Waals surface area (Å²) >= 11 is 0. The van der Waals surface area contributed by atoms with Crippen LogP contribution in [0.5, 0.6) is 5.75 Å². The standard InChI is InChI=1S/C21H22F3N3O5S/c1-32-14-4-6-15(7-5-14)33(30,31)27-10-2-3-13(12-27)21(29)25-11-18(28)26-17-9-8-16(22)19(23)20(17)24/h4-9,13H,2-3,10-12H2,1H3,(H,25,29)(H,26,28). The smallest absolute Gasteiger partial charge is 0.243 e. The SMILES string of the molecule is COc1ccc(S(=O)(=O)N2CCCC(C(=O)NCC(=O)Nc3ccc(F)c(F)c3F)C2)cc1. The van der Waals surface area contributed by atoms with Gasteiger partial charge in [0.1, 0.15) is 5.75 Å². The minimum atomic E-state index is -3.83. The van der Waals surface area contributed by atoms with Crippen molar-refractivity contribution in [3.05, 3.63) is 53.8 Å². The fraction of sp³-hybridized carbons (Fsp3) is 0.333. The molecule has 2 aromatic carbocycles. The van der Waals surface area contributed by atoms with Gasteiger partial charge in [-0.15, -0.1) is 0 Å². The molecule has 0 aromatic heterocycles. The van der Waals surface area contributed by atoms with Crippen LogP contribution in [0.3, 0.4) is 0 Å². The summed E-state index contributed by atoms with van der Waals surface area (Å²) in [6.07, 6.45) is 0.861. The van der Waals surface area contributed by atoms with Crippen LogP contribution in [0.15, 0.2) is 41.3 Å². The summed E-state index contributed by atoms with van der Waals surface area (Å²) in [5, 5.41) is 4.41. The van der Waals surface area contributed by atoms with E-state index < -0.39 is 57.4 Å². The Kier molecular flexibility index (Phi) is 7.59. The molecular formula is C21H22F3N3O5S. The number of methoxy groups -OCH3 is 1. The van der Waals surface area contributed by atoms with Crippen LogP contribution >= 0.6 is 0 Å². The van der Waals surface area contributed by atoms with E-state index in [1.165, 1.54) is 35.7 Å². The van der Waals surface area contributed by atoms with Gasteiger partial charge < -0.3 is 15.4 Å². The number of sulfonamides is 1. The van der Waals surface area contributed by atoms with Gasteiger partial charge >= 0.3 is 0 Å². The van der Waals surface area contributed by atoms with E-state index in [-0.39, 0.29) is 18.0 Å². The number of carbonyl (C=O) groups is 2. The quantitative estimate of drug-likeness (QED) is 0.586. The van der Waals surface area contributed by atoms with Gasteiger partial charge in [-0.05, 0) is 49.2 Å². The van der Waals surface area contributed by atoms with Crippen molar-refractivity contribution in [2.75, 3.05) is 32.1 Å². The zero-order valence-electron chi connectivity index (χ0n) is 17.6. The van der Waals surface area contributed by atoms with Crippen LogP contribution in [-0.4, -0.2) is 51.3 Å². The number of hydrogen-bond acceptors (Lipinski definition) is 5. The van der Waals surface area contributed by atoms with Gasteiger partial charge in [-0.3, -0.25) is 9.59 Å². The molecule has 0 saturated carbocycles. The predicted octanol–water partition coefficient (Wildman–Crippen LogP) is 2.27. The zero-order valence-corrected chi connectivity index (χ0v) is 18.4. The third-order valence-electron chi connectivity index (χ3n) is 5.18. The summed E-state index contributed by atoms with van der Waals surface area (Å²) in [7, 11) is -2.36. The van der Waals surface area contributed by atoms with Crippen molar-refractivity contribution in [3.63, 3.8) is 0 Å². The molecule has 33 heavy (non-hydrogen) atoms. The van der Waals surface area contributed by atoms with Crippen LogP contribution < -0.4 is 15.4 Å². The highest BCUT2D eigenvalue weighted by molar-refractivity contribution is 7.89. The summed E-state index contributed by atoms with van der Waals surface area (Å²) in [6.45, 7) is -0.382. The summed E-state index contributed by atoms with van der Waals surface area (Å²) in [5.74, 6) is -6.27. The van der Waals surface area contributed by atoms with E-state index in [0.29, 0.717) is 24.7 Å². The first-order chi connectivity index (χ1) is 15.6. The minimum absolute atomic E-state index is 0.0669. The number of hydrogen-bond donors (Lipinski definition) is 2. The lowest BCUT2D eigenvalue weighted by Gasteiger charge is -2.31. The topological polar surface area (TPSA) is 105 Å². The molecule has 1 unspecified atom stereocenters. The van der Waals surface area contributed by atoms with Crippen molar-refractivity contribution in [1.82, 2.24) is 9.62 Å². The molecule has 1 aliphatic rings. The number of halogens is 3. The van der Waals surface area contributed by atoms with Crippen LogP contribution in [0.4, 0.5) is 18.9 Å². The Morgan fingerprint density at radius 3 is 2.45 bits per heavy atom. The second kappa shape index (κ2) is 10.2. The predicted molar refractivity (Wildman–Crippen MR) is 112 cm³/mol. The average Bonchev–Trinajstić information content (AvgIpc) is 2.83. The van der Waals surface area contributed by atoms with Crippen molar-refractivity contribution >= 4 is 27.5 Å². The van der Waals surface area contributed by atoms with Crippen molar-refractivity contribution in [1.29, 1.82) is 0 Å². The summed E-state index contributed by atoms with van der Waals surface area (Å²) < 4.78 is 71.9. The molecule has 1 atom stereocenters. The van der Waals surface area contributed by atoms with Gasteiger partial charge in [0.2, 0.25) is 21.8 Å². The first-order valence-electron chi connectivity index (χ1n) is 9.98. The average molecular weight is 485 g/mol. The normalized spacial score (nSPS) is 16.8. The largest absolute Gasteiger partial charge is 0.497 e. The first-order valence-corrected chi connectivity index (χ1v) is 11.4.